The van der Waals surface area contributed by atoms with Gasteiger partial charge in [-0.1, -0.05) is 12.1 Å². The third-order valence-electron chi connectivity index (χ3n) is 2.17. The van der Waals surface area contributed by atoms with Crippen LogP contribution >= 0.6 is 0 Å². The van der Waals surface area contributed by atoms with Gasteiger partial charge in [-0.15, -0.1) is 0 Å². The Morgan fingerprint density at radius 1 is 1.47 bits per heavy atom. The lowest BCUT2D eigenvalue weighted by Crippen LogP contribution is -1.98. The molecule has 17 heavy (non-hydrogen) atoms. The molecule has 88 valence electrons. The summed E-state index contributed by atoms with van der Waals surface area (Å²) in [5.41, 5.74) is 0.740. The Labute approximate surface area is 97.3 Å². The van der Waals surface area contributed by atoms with Crippen molar-refractivity contribution in [3.05, 3.63) is 36.2 Å². The number of carboxylic acid groups (broad SMARTS) is 1. The van der Waals surface area contributed by atoms with Gasteiger partial charge in [-0.25, -0.2) is 9.78 Å². The molecule has 0 aliphatic rings. The Morgan fingerprint density at radius 3 is 2.88 bits per heavy atom. The summed E-state index contributed by atoms with van der Waals surface area (Å²) in [5, 5.41) is 11.7. The van der Waals surface area contributed by atoms with E-state index >= 15 is 0 Å². The van der Waals surface area contributed by atoms with Crippen molar-refractivity contribution in [3.8, 4) is 5.75 Å². The summed E-state index contributed by atoms with van der Waals surface area (Å²) in [5.74, 6) is -0.0433. The van der Waals surface area contributed by atoms with Crippen molar-refractivity contribution >= 4 is 17.6 Å². The molecule has 2 aromatic rings. The Balaban J connectivity index is 2.22. The normalized spacial score (nSPS) is 9.94. The lowest BCUT2D eigenvalue weighted by atomic mass is 10.3. The van der Waals surface area contributed by atoms with Crippen LogP contribution in [0.15, 0.2) is 30.5 Å². The van der Waals surface area contributed by atoms with E-state index in [4.69, 9.17) is 9.84 Å². The summed E-state index contributed by atoms with van der Waals surface area (Å²) in [6.07, 6.45) is 1.25. The van der Waals surface area contributed by atoms with Crippen molar-refractivity contribution < 1.29 is 14.6 Å². The molecule has 3 N–H and O–H groups in total. The summed E-state index contributed by atoms with van der Waals surface area (Å²) in [7, 11) is 1.56. The first kappa shape index (κ1) is 11.0. The zero-order valence-corrected chi connectivity index (χ0v) is 9.10. The molecule has 6 nitrogen and oxygen atoms in total. The number of benzene rings is 1. The van der Waals surface area contributed by atoms with Crippen molar-refractivity contribution in [1.29, 1.82) is 0 Å². The van der Waals surface area contributed by atoms with Crippen molar-refractivity contribution in [2.45, 2.75) is 0 Å². The molecule has 2 rings (SSSR count). The van der Waals surface area contributed by atoms with Crippen LogP contribution in [0.4, 0.5) is 11.6 Å². The van der Waals surface area contributed by atoms with E-state index in [0.717, 1.165) is 0 Å². The quantitative estimate of drug-likeness (QED) is 0.750. The first-order valence-electron chi connectivity index (χ1n) is 4.89. The third kappa shape index (κ3) is 2.36. The summed E-state index contributed by atoms with van der Waals surface area (Å²) in [6.45, 7) is 0. The van der Waals surface area contributed by atoms with Crippen LogP contribution < -0.4 is 10.1 Å². The standard InChI is InChI=1S/C11H11N3O3/c1-17-9-5-3-2-4-7(9)13-11-12-6-8(14-11)10(15)16/h2-6H,1H3,(H,15,16)(H2,12,13,14). The van der Waals surface area contributed by atoms with E-state index in [9.17, 15) is 4.79 Å². The topological polar surface area (TPSA) is 87.2 Å². The molecule has 1 aromatic heterocycles. The first-order valence-corrected chi connectivity index (χ1v) is 4.89. The maximum atomic E-state index is 10.7. The van der Waals surface area contributed by atoms with Gasteiger partial charge in [0.1, 0.15) is 11.4 Å². The molecule has 0 saturated heterocycles. The van der Waals surface area contributed by atoms with Gasteiger partial charge in [0.25, 0.3) is 0 Å². The number of aromatic carboxylic acids is 1. The van der Waals surface area contributed by atoms with Crippen LogP contribution in [0.1, 0.15) is 10.5 Å². The number of rotatable bonds is 4. The second-order valence-corrected chi connectivity index (χ2v) is 3.28. The fourth-order valence-corrected chi connectivity index (χ4v) is 1.37. The average Bonchev–Trinajstić information content (AvgIpc) is 2.78. The predicted octanol–water partition coefficient (Wildman–Crippen LogP) is 1.86. The molecule has 0 aliphatic carbocycles. The van der Waals surface area contributed by atoms with Gasteiger partial charge in [-0.05, 0) is 12.1 Å². The van der Waals surface area contributed by atoms with Gasteiger partial charge in [-0.2, -0.15) is 0 Å². The highest BCUT2D eigenvalue weighted by molar-refractivity contribution is 5.85. The number of carbonyl (C=O) groups is 1. The molecule has 0 radical (unpaired) electrons. The highest BCUT2D eigenvalue weighted by Crippen LogP contribution is 2.25. The van der Waals surface area contributed by atoms with Crippen LogP contribution in [0.3, 0.4) is 0 Å². The zero-order valence-electron chi connectivity index (χ0n) is 9.10. The zero-order chi connectivity index (χ0) is 12.3. The van der Waals surface area contributed by atoms with Gasteiger partial charge in [-0.3, -0.25) is 0 Å². The molecule has 0 amide bonds. The minimum absolute atomic E-state index is 0.0300. The number of carboxylic acids is 1. The first-order chi connectivity index (χ1) is 8.20. The maximum absolute atomic E-state index is 10.7. The van der Waals surface area contributed by atoms with E-state index in [-0.39, 0.29) is 5.69 Å². The van der Waals surface area contributed by atoms with E-state index in [1.54, 1.807) is 13.2 Å². The third-order valence-corrected chi connectivity index (χ3v) is 2.17. The number of aromatic nitrogens is 2. The van der Waals surface area contributed by atoms with Crippen molar-refractivity contribution in [2.24, 2.45) is 0 Å². The Morgan fingerprint density at radius 2 is 2.24 bits per heavy atom. The second kappa shape index (κ2) is 4.56. The summed E-state index contributed by atoms with van der Waals surface area (Å²) in [4.78, 5) is 17.2. The average molecular weight is 233 g/mol. The van der Waals surface area contributed by atoms with Crippen LogP contribution in [0, 0.1) is 0 Å². The minimum atomic E-state index is -1.05. The molecule has 0 saturated carbocycles. The highest BCUT2D eigenvalue weighted by atomic mass is 16.5. The van der Waals surface area contributed by atoms with Crippen LogP contribution in [-0.4, -0.2) is 28.2 Å². The SMILES string of the molecule is COc1ccccc1Nc1ncc(C(=O)O)[nH]1. The molecule has 0 spiro atoms. The van der Waals surface area contributed by atoms with E-state index in [1.165, 1.54) is 6.20 Å². The fraction of sp³-hybridized carbons (Fsp3) is 0.0909. The van der Waals surface area contributed by atoms with Crippen molar-refractivity contribution in [2.75, 3.05) is 12.4 Å². The summed E-state index contributed by atoms with van der Waals surface area (Å²) in [6, 6.07) is 7.28. The number of anilines is 2. The predicted molar refractivity (Wildman–Crippen MR) is 61.8 cm³/mol. The Bertz CT molecular complexity index is 536. The van der Waals surface area contributed by atoms with Crippen LogP contribution in [-0.2, 0) is 0 Å². The van der Waals surface area contributed by atoms with Crippen LogP contribution in [0.2, 0.25) is 0 Å². The van der Waals surface area contributed by atoms with Crippen molar-refractivity contribution in [3.63, 3.8) is 0 Å². The lowest BCUT2D eigenvalue weighted by molar-refractivity contribution is 0.0691. The van der Waals surface area contributed by atoms with E-state index in [2.05, 4.69) is 15.3 Å². The number of H-pyrrole nitrogens is 1. The number of aromatic amines is 1. The number of nitrogens with one attached hydrogen (secondary N) is 2. The lowest BCUT2D eigenvalue weighted by Gasteiger charge is -2.08. The Hall–Kier alpha value is -2.50. The van der Waals surface area contributed by atoms with Gasteiger partial charge < -0.3 is 20.1 Å². The molecule has 0 fully saturated rings. The smallest absolute Gasteiger partial charge is 0.354 e. The van der Waals surface area contributed by atoms with Gasteiger partial charge in [0.2, 0.25) is 5.95 Å². The van der Waals surface area contributed by atoms with Gasteiger partial charge in [0.05, 0.1) is 19.0 Å². The molecule has 6 heteroatoms. The number of hydrogen-bond donors (Lipinski definition) is 3. The molecular weight excluding hydrogens is 222 g/mol. The number of nitrogens with zero attached hydrogens (tertiary/aromatic N) is 1. The molecule has 0 unspecified atom stereocenters. The van der Waals surface area contributed by atoms with Crippen LogP contribution in [0.25, 0.3) is 0 Å². The van der Waals surface area contributed by atoms with Crippen LogP contribution in [0.5, 0.6) is 5.75 Å². The number of ether oxygens (including phenoxy) is 1. The Kier molecular flexibility index (Phi) is 2.95. The largest absolute Gasteiger partial charge is 0.495 e. The molecule has 0 aliphatic heterocycles. The maximum Gasteiger partial charge on any atom is 0.354 e. The van der Waals surface area contributed by atoms with E-state index < -0.39 is 5.97 Å². The van der Waals surface area contributed by atoms with Gasteiger partial charge >= 0.3 is 5.97 Å². The van der Waals surface area contributed by atoms with Crippen molar-refractivity contribution in [1.82, 2.24) is 9.97 Å². The summed E-state index contributed by atoms with van der Waals surface area (Å²) >= 11 is 0. The highest BCUT2D eigenvalue weighted by Gasteiger charge is 2.08. The minimum Gasteiger partial charge on any atom is -0.495 e. The molecule has 1 aromatic carbocycles. The molecule has 0 bridgehead atoms. The van der Waals surface area contributed by atoms with E-state index in [1.807, 2.05) is 18.2 Å². The molecular formula is C11H11N3O3. The second-order valence-electron chi connectivity index (χ2n) is 3.28. The molecule has 0 atom stereocenters. The summed E-state index contributed by atoms with van der Waals surface area (Å²) < 4.78 is 5.15. The number of methoxy groups -OCH3 is 1. The number of imidazole rings is 1. The molecule has 1 heterocycles. The van der Waals surface area contributed by atoms with Gasteiger partial charge in [0, 0.05) is 0 Å². The number of hydrogen-bond acceptors (Lipinski definition) is 4. The van der Waals surface area contributed by atoms with E-state index in [0.29, 0.717) is 17.4 Å². The fourth-order valence-electron chi connectivity index (χ4n) is 1.37. The monoisotopic (exact) mass is 233 g/mol. The number of para-hydroxylation sites is 2. The van der Waals surface area contributed by atoms with Gasteiger partial charge in [0.15, 0.2) is 0 Å².